The summed E-state index contributed by atoms with van der Waals surface area (Å²) in [5, 5.41) is 1.54. The van der Waals surface area contributed by atoms with Crippen molar-refractivity contribution in [3.63, 3.8) is 0 Å². The molecular formula is C20H12Cl2. The Morgan fingerprint density at radius 3 is 1.18 bits per heavy atom. The summed E-state index contributed by atoms with van der Waals surface area (Å²) in [7, 11) is 0. The van der Waals surface area contributed by atoms with Crippen molar-refractivity contribution < 1.29 is 0 Å². The van der Waals surface area contributed by atoms with Gasteiger partial charge in [0.25, 0.3) is 0 Å². The minimum absolute atomic E-state index is 0.770. The van der Waals surface area contributed by atoms with Crippen LogP contribution in [0.3, 0.4) is 0 Å². The molecule has 0 radical (unpaired) electrons. The van der Waals surface area contributed by atoms with Crippen LogP contribution in [0.15, 0.2) is 72.8 Å². The van der Waals surface area contributed by atoms with Gasteiger partial charge in [0.05, 0.1) is 0 Å². The molecule has 0 heterocycles. The average Bonchev–Trinajstić information content (AvgIpc) is 2.81. The van der Waals surface area contributed by atoms with Crippen LogP contribution < -0.4 is 0 Å². The maximum atomic E-state index is 6.44. The van der Waals surface area contributed by atoms with E-state index < -0.39 is 0 Å². The van der Waals surface area contributed by atoms with Crippen LogP contribution in [0.4, 0.5) is 0 Å². The van der Waals surface area contributed by atoms with E-state index in [-0.39, 0.29) is 0 Å². The van der Waals surface area contributed by atoms with Crippen LogP contribution in [0.25, 0.3) is 33.4 Å². The Labute approximate surface area is 139 Å². The summed E-state index contributed by atoms with van der Waals surface area (Å²) in [5.74, 6) is 0. The van der Waals surface area contributed by atoms with E-state index >= 15 is 0 Å². The van der Waals surface area contributed by atoms with Gasteiger partial charge in [-0.3, -0.25) is 0 Å². The Morgan fingerprint density at radius 2 is 0.773 bits per heavy atom. The zero-order valence-corrected chi connectivity index (χ0v) is 13.2. The Morgan fingerprint density at radius 1 is 0.409 bits per heavy atom. The molecule has 2 heteroatoms. The van der Waals surface area contributed by atoms with E-state index in [1.54, 1.807) is 0 Å². The summed E-state index contributed by atoms with van der Waals surface area (Å²) in [6, 6.07) is 24.5. The molecule has 0 aliphatic heterocycles. The van der Waals surface area contributed by atoms with Crippen molar-refractivity contribution >= 4 is 23.2 Å². The molecule has 0 N–H and O–H groups in total. The fraction of sp³-hybridized carbons (Fsp3) is 0. The highest BCUT2D eigenvalue weighted by Crippen LogP contribution is 2.47. The molecule has 0 nitrogen and oxygen atoms in total. The number of hydrogen-bond acceptors (Lipinski definition) is 0. The molecule has 4 aliphatic rings. The van der Waals surface area contributed by atoms with E-state index in [0.717, 1.165) is 43.4 Å². The lowest BCUT2D eigenvalue weighted by Gasteiger charge is -2.03. The SMILES string of the molecule is Clc1cc(-c2cc(Cl)c3cccccc2-3)c2cccccc1-2. The quantitative estimate of drug-likeness (QED) is 0.358. The number of hydrogen-bond donors (Lipinski definition) is 0. The molecule has 0 amide bonds. The molecule has 0 fully saturated rings. The van der Waals surface area contributed by atoms with Crippen LogP contribution in [0, 0.1) is 0 Å². The molecule has 0 spiro atoms. The van der Waals surface area contributed by atoms with Crippen LogP contribution in [0.2, 0.25) is 10.0 Å². The van der Waals surface area contributed by atoms with Gasteiger partial charge in [-0.2, -0.15) is 0 Å². The third kappa shape index (κ3) is 2.08. The molecule has 0 aromatic carbocycles. The maximum Gasteiger partial charge on any atom is 0.0491 e. The minimum Gasteiger partial charge on any atom is -0.0836 e. The van der Waals surface area contributed by atoms with Crippen molar-refractivity contribution in [3.8, 4) is 33.4 Å². The van der Waals surface area contributed by atoms with E-state index in [0.29, 0.717) is 0 Å². The van der Waals surface area contributed by atoms with E-state index in [2.05, 4.69) is 12.1 Å². The normalized spacial score (nSPS) is 11.2. The van der Waals surface area contributed by atoms with Gasteiger partial charge in [0.15, 0.2) is 0 Å². The largest absolute Gasteiger partial charge is 0.0836 e. The summed E-state index contributed by atoms with van der Waals surface area (Å²) in [4.78, 5) is 0. The van der Waals surface area contributed by atoms with Gasteiger partial charge in [0.2, 0.25) is 0 Å². The lowest BCUT2D eigenvalue weighted by molar-refractivity contribution is 1.76. The molecular weight excluding hydrogens is 311 g/mol. The van der Waals surface area contributed by atoms with Crippen LogP contribution >= 0.6 is 23.2 Å². The Hall–Kier alpha value is -2.02. The van der Waals surface area contributed by atoms with Gasteiger partial charge in [-0.05, 0) is 34.4 Å². The van der Waals surface area contributed by atoms with Crippen LogP contribution in [0.1, 0.15) is 0 Å². The third-order valence-electron chi connectivity index (χ3n) is 4.00. The standard InChI is InChI=1S/C20H12Cl2/c21-19-11-17(13-7-3-1-5-9-15(13)19)18-12-20(22)16-10-6-2-4-8-14(16)18/h1-12H. The van der Waals surface area contributed by atoms with E-state index in [1.807, 2.05) is 60.7 Å². The minimum atomic E-state index is 0.770. The molecule has 0 atom stereocenters. The maximum absolute atomic E-state index is 6.44. The molecule has 4 rings (SSSR count). The lowest BCUT2D eigenvalue weighted by atomic mass is 10.0. The van der Waals surface area contributed by atoms with Crippen molar-refractivity contribution in [2.45, 2.75) is 0 Å². The van der Waals surface area contributed by atoms with Crippen LogP contribution in [0.5, 0.6) is 0 Å². The molecule has 0 aromatic rings. The molecule has 0 saturated carbocycles. The number of fused-ring (bicyclic) bond motifs is 2. The van der Waals surface area contributed by atoms with Gasteiger partial charge in [0.1, 0.15) is 0 Å². The number of rotatable bonds is 1. The summed E-state index contributed by atoms with van der Waals surface area (Å²) >= 11 is 12.9. The molecule has 0 bridgehead atoms. The van der Waals surface area contributed by atoms with Gasteiger partial charge >= 0.3 is 0 Å². The lowest BCUT2D eigenvalue weighted by Crippen LogP contribution is -1.76. The van der Waals surface area contributed by atoms with Gasteiger partial charge in [0, 0.05) is 21.2 Å². The van der Waals surface area contributed by atoms with Crippen molar-refractivity contribution in [2.75, 3.05) is 0 Å². The smallest absolute Gasteiger partial charge is 0.0491 e. The predicted octanol–water partition coefficient (Wildman–Crippen LogP) is 6.87. The topological polar surface area (TPSA) is 0 Å². The third-order valence-corrected chi connectivity index (χ3v) is 4.63. The molecule has 22 heavy (non-hydrogen) atoms. The summed E-state index contributed by atoms with van der Waals surface area (Å²) in [6.07, 6.45) is 0. The summed E-state index contributed by atoms with van der Waals surface area (Å²) < 4.78 is 0. The predicted molar refractivity (Wildman–Crippen MR) is 95.1 cm³/mol. The van der Waals surface area contributed by atoms with Crippen molar-refractivity contribution in [1.82, 2.24) is 0 Å². The monoisotopic (exact) mass is 322 g/mol. The first-order valence-electron chi connectivity index (χ1n) is 7.10. The Balaban J connectivity index is 2.04. The molecule has 0 saturated heterocycles. The van der Waals surface area contributed by atoms with Gasteiger partial charge < -0.3 is 0 Å². The molecule has 0 unspecified atom stereocenters. The first-order chi connectivity index (χ1) is 10.8. The summed E-state index contributed by atoms with van der Waals surface area (Å²) in [5.41, 5.74) is 6.66. The van der Waals surface area contributed by atoms with E-state index in [4.69, 9.17) is 23.2 Å². The highest BCUT2D eigenvalue weighted by atomic mass is 35.5. The second-order valence-electron chi connectivity index (χ2n) is 5.29. The van der Waals surface area contributed by atoms with Gasteiger partial charge in [-0.25, -0.2) is 0 Å². The molecule has 106 valence electrons. The first kappa shape index (κ1) is 13.6. The Kier molecular flexibility index (Phi) is 3.29. The first-order valence-corrected chi connectivity index (χ1v) is 7.86. The fourth-order valence-corrected chi connectivity index (χ4v) is 3.54. The van der Waals surface area contributed by atoms with Crippen LogP contribution in [-0.2, 0) is 0 Å². The van der Waals surface area contributed by atoms with Crippen molar-refractivity contribution in [2.24, 2.45) is 0 Å². The second kappa shape index (κ2) is 5.31. The zero-order valence-electron chi connectivity index (χ0n) is 11.7. The summed E-state index contributed by atoms with van der Waals surface area (Å²) in [6.45, 7) is 0. The van der Waals surface area contributed by atoms with E-state index in [9.17, 15) is 0 Å². The van der Waals surface area contributed by atoms with Crippen LogP contribution in [-0.4, -0.2) is 0 Å². The Bertz CT molecular complexity index is 834. The van der Waals surface area contributed by atoms with Gasteiger partial charge in [-0.1, -0.05) is 83.9 Å². The van der Waals surface area contributed by atoms with Crippen molar-refractivity contribution in [3.05, 3.63) is 82.8 Å². The molecule has 0 aromatic heterocycles. The second-order valence-corrected chi connectivity index (χ2v) is 6.10. The highest BCUT2D eigenvalue weighted by Gasteiger charge is 2.20. The van der Waals surface area contributed by atoms with Gasteiger partial charge in [-0.15, -0.1) is 0 Å². The van der Waals surface area contributed by atoms with E-state index in [1.165, 1.54) is 0 Å². The molecule has 4 aliphatic carbocycles. The van der Waals surface area contributed by atoms with Crippen molar-refractivity contribution in [1.29, 1.82) is 0 Å². The zero-order chi connectivity index (χ0) is 15.1. The highest BCUT2D eigenvalue weighted by molar-refractivity contribution is 6.36. The average molecular weight is 323 g/mol. The number of halogens is 2. The fourth-order valence-electron chi connectivity index (χ4n) is 2.99.